The van der Waals surface area contributed by atoms with Gasteiger partial charge in [0.05, 0.1) is 13.1 Å². The highest BCUT2D eigenvalue weighted by molar-refractivity contribution is 14.0. The first-order valence-electron chi connectivity index (χ1n) is 8.59. The van der Waals surface area contributed by atoms with Crippen LogP contribution < -0.4 is 10.6 Å². The van der Waals surface area contributed by atoms with Crippen molar-refractivity contribution in [1.82, 2.24) is 15.5 Å². The van der Waals surface area contributed by atoms with Crippen LogP contribution in [0, 0.1) is 5.41 Å². The molecule has 0 aliphatic carbocycles. The van der Waals surface area contributed by atoms with Gasteiger partial charge in [-0.25, -0.2) is 4.99 Å². The molecule has 26 heavy (non-hydrogen) atoms. The van der Waals surface area contributed by atoms with Crippen LogP contribution >= 0.6 is 24.0 Å². The number of hydrogen-bond donors (Lipinski definition) is 2. The van der Waals surface area contributed by atoms with Crippen LogP contribution in [0.25, 0.3) is 0 Å². The molecule has 0 atom stereocenters. The lowest BCUT2D eigenvalue weighted by Crippen LogP contribution is -2.45. The maximum absolute atomic E-state index is 11.8. The van der Waals surface area contributed by atoms with E-state index in [2.05, 4.69) is 29.5 Å². The summed E-state index contributed by atoms with van der Waals surface area (Å²) in [6, 6.07) is 10.0. The Morgan fingerprint density at radius 2 is 1.85 bits per heavy atom. The smallest absolute Gasteiger partial charge is 0.241 e. The van der Waals surface area contributed by atoms with Crippen molar-refractivity contribution >= 4 is 35.8 Å². The summed E-state index contributed by atoms with van der Waals surface area (Å²) in [5.74, 6) is 0.650. The van der Waals surface area contributed by atoms with Gasteiger partial charge in [-0.2, -0.15) is 0 Å². The minimum Gasteiger partial charge on any atom is -0.385 e. The molecule has 1 rings (SSSR count). The highest BCUT2D eigenvalue weighted by Gasteiger charge is 2.18. The van der Waals surface area contributed by atoms with Gasteiger partial charge in [0, 0.05) is 34.4 Å². The van der Waals surface area contributed by atoms with Crippen molar-refractivity contribution in [1.29, 1.82) is 0 Å². The third-order valence-corrected chi connectivity index (χ3v) is 3.89. The fourth-order valence-electron chi connectivity index (χ4n) is 2.04. The molecular formula is C19H33IN4O2. The molecule has 2 N–H and O–H groups in total. The number of ether oxygens (including phenoxy) is 1. The van der Waals surface area contributed by atoms with Gasteiger partial charge in [-0.3, -0.25) is 4.79 Å². The van der Waals surface area contributed by atoms with Crippen LogP contribution in [-0.2, 0) is 16.1 Å². The van der Waals surface area contributed by atoms with E-state index in [1.807, 2.05) is 30.3 Å². The van der Waals surface area contributed by atoms with Crippen LogP contribution in [-0.4, -0.2) is 57.7 Å². The number of rotatable bonds is 9. The van der Waals surface area contributed by atoms with E-state index in [4.69, 9.17) is 4.74 Å². The molecule has 148 valence electrons. The van der Waals surface area contributed by atoms with Crippen molar-refractivity contribution in [2.45, 2.75) is 26.8 Å². The monoisotopic (exact) mass is 476 g/mol. The van der Waals surface area contributed by atoms with Gasteiger partial charge in [-0.1, -0.05) is 44.2 Å². The lowest BCUT2D eigenvalue weighted by atomic mass is 9.90. The van der Waals surface area contributed by atoms with Gasteiger partial charge in [-0.05, 0) is 17.4 Å². The largest absolute Gasteiger partial charge is 0.385 e. The molecule has 0 spiro atoms. The molecule has 0 bridgehead atoms. The lowest BCUT2D eigenvalue weighted by Gasteiger charge is -2.26. The Morgan fingerprint density at radius 1 is 1.19 bits per heavy atom. The molecule has 0 unspecified atom stereocenters. The fraction of sp³-hybridized carbons (Fsp3) is 0.579. The minimum atomic E-state index is 0. The number of nitrogens with one attached hydrogen (secondary N) is 2. The molecule has 0 heterocycles. The maximum Gasteiger partial charge on any atom is 0.241 e. The van der Waals surface area contributed by atoms with E-state index in [9.17, 15) is 4.79 Å². The Hall–Kier alpha value is -1.35. The zero-order valence-corrected chi connectivity index (χ0v) is 18.9. The van der Waals surface area contributed by atoms with Crippen molar-refractivity contribution in [2.75, 3.05) is 40.9 Å². The van der Waals surface area contributed by atoms with Crippen LogP contribution in [0.4, 0.5) is 0 Å². The van der Waals surface area contributed by atoms with E-state index < -0.39 is 0 Å². The Balaban J connectivity index is 0.00000625. The normalized spacial score (nSPS) is 11.5. The third kappa shape index (κ3) is 10.6. The van der Waals surface area contributed by atoms with Gasteiger partial charge in [0.15, 0.2) is 5.96 Å². The summed E-state index contributed by atoms with van der Waals surface area (Å²) in [4.78, 5) is 18.0. The van der Waals surface area contributed by atoms with Crippen LogP contribution in [0.3, 0.4) is 0 Å². The number of carbonyl (C=O) groups excluding carboxylic acids is 1. The molecular weight excluding hydrogens is 443 g/mol. The quantitative estimate of drug-likeness (QED) is 0.327. The van der Waals surface area contributed by atoms with Gasteiger partial charge in [0.1, 0.15) is 0 Å². The summed E-state index contributed by atoms with van der Waals surface area (Å²) in [6.07, 6.45) is 0.944. The first-order valence-corrected chi connectivity index (χ1v) is 8.59. The molecule has 0 radical (unpaired) electrons. The average Bonchev–Trinajstić information content (AvgIpc) is 2.59. The standard InChI is InChI=1S/C19H32N4O2.HI/c1-19(2,11-12-25-5)15-22-18(21-14-17(24)23(3)4)20-13-16-9-7-6-8-10-16;/h6-10H,11-15H2,1-5H3,(H2,20,21,22);1H. The molecule has 0 aliphatic heterocycles. The van der Waals surface area contributed by atoms with Crippen LogP contribution in [0.15, 0.2) is 35.3 Å². The molecule has 0 saturated carbocycles. The van der Waals surface area contributed by atoms with E-state index in [-0.39, 0.29) is 41.8 Å². The molecule has 7 heteroatoms. The number of methoxy groups -OCH3 is 1. The second-order valence-corrected chi connectivity index (χ2v) is 7.05. The first kappa shape index (κ1) is 24.7. The Kier molecular flexibility index (Phi) is 12.2. The second-order valence-electron chi connectivity index (χ2n) is 7.05. The lowest BCUT2D eigenvalue weighted by molar-refractivity contribution is -0.127. The number of hydrogen-bond acceptors (Lipinski definition) is 3. The second kappa shape index (κ2) is 12.9. The number of carbonyl (C=O) groups is 1. The van der Waals surface area contributed by atoms with E-state index in [1.165, 1.54) is 0 Å². The summed E-state index contributed by atoms with van der Waals surface area (Å²) >= 11 is 0. The highest BCUT2D eigenvalue weighted by atomic mass is 127. The van der Waals surface area contributed by atoms with Crippen molar-refractivity contribution in [3.05, 3.63) is 35.9 Å². The zero-order valence-electron chi connectivity index (χ0n) is 16.5. The van der Waals surface area contributed by atoms with Crippen molar-refractivity contribution in [3.8, 4) is 0 Å². The predicted molar refractivity (Wildman–Crippen MR) is 118 cm³/mol. The number of guanidine groups is 1. The van der Waals surface area contributed by atoms with Crippen LogP contribution in [0.5, 0.6) is 0 Å². The molecule has 6 nitrogen and oxygen atoms in total. The number of likely N-dealkylation sites (N-methyl/N-ethyl adjacent to an activating group) is 1. The fourth-order valence-corrected chi connectivity index (χ4v) is 2.04. The summed E-state index contributed by atoms with van der Waals surface area (Å²) in [6.45, 7) is 6.60. The number of halogens is 1. The Labute approximate surface area is 174 Å². The van der Waals surface area contributed by atoms with Crippen molar-refractivity contribution in [3.63, 3.8) is 0 Å². The minimum absolute atomic E-state index is 0. The van der Waals surface area contributed by atoms with Gasteiger partial charge < -0.3 is 20.3 Å². The topological polar surface area (TPSA) is 66.0 Å². The highest BCUT2D eigenvalue weighted by Crippen LogP contribution is 2.18. The zero-order chi connectivity index (χ0) is 18.7. The summed E-state index contributed by atoms with van der Waals surface area (Å²) in [5, 5.41) is 6.46. The maximum atomic E-state index is 11.8. The Morgan fingerprint density at radius 3 is 2.42 bits per heavy atom. The molecule has 1 aromatic carbocycles. The van der Waals surface area contributed by atoms with Crippen molar-refractivity contribution in [2.24, 2.45) is 10.4 Å². The molecule has 0 fully saturated rings. The summed E-state index contributed by atoms with van der Waals surface area (Å²) < 4.78 is 5.17. The van der Waals surface area contributed by atoms with Gasteiger partial charge in [-0.15, -0.1) is 24.0 Å². The van der Waals surface area contributed by atoms with E-state index in [0.717, 1.165) is 25.1 Å². The third-order valence-electron chi connectivity index (χ3n) is 3.89. The van der Waals surface area contributed by atoms with Gasteiger partial charge in [0.2, 0.25) is 5.91 Å². The van der Waals surface area contributed by atoms with Crippen molar-refractivity contribution < 1.29 is 9.53 Å². The number of benzene rings is 1. The number of aliphatic imine (C=N–C) groups is 1. The first-order chi connectivity index (χ1) is 11.8. The van der Waals surface area contributed by atoms with E-state index >= 15 is 0 Å². The number of amides is 1. The SMILES string of the molecule is COCCC(C)(C)CNC(=NCc1ccccc1)NCC(=O)N(C)C.I. The van der Waals surface area contributed by atoms with Gasteiger partial charge in [0.25, 0.3) is 0 Å². The summed E-state index contributed by atoms with van der Waals surface area (Å²) in [5.41, 5.74) is 1.19. The van der Waals surface area contributed by atoms with Crippen LogP contribution in [0.2, 0.25) is 0 Å². The molecule has 0 aliphatic rings. The summed E-state index contributed by atoms with van der Waals surface area (Å²) in [7, 11) is 5.20. The number of nitrogens with zero attached hydrogens (tertiary/aromatic N) is 2. The molecule has 1 amide bonds. The van der Waals surface area contributed by atoms with E-state index in [0.29, 0.717) is 12.5 Å². The Bertz CT molecular complexity index is 548. The van der Waals surface area contributed by atoms with Crippen LogP contribution in [0.1, 0.15) is 25.8 Å². The molecule has 0 aromatic heterocycles. The van der Waals surface area contributed by atoms with E-state index in [1.54, 1.807) is 26.1 Å². The molecule has 0 saturated heterocycles. The van der Waals surface area contributed by atoms with Gasteiger partial charge >= 0.3 is 0 Å². The predicted octanol–water partition coefficient (Wildman–Crippen LogP) is 2.49. The average molecular weight is 476 g/mol. The molecule has 1 aromatic rings.